The number of ether oxygens (including phenoxy) is 1. The number of aliphatic hydroxyl groups excluding tert-OH is 1. The number of cyclic esters (lactones) is 1. The molecule has 0 aromatic rings. The van der Waals surface area contributed by atoms with Crippen molar-refractivity contribution in [3.05, 3.63) is 11.8 Å². The Bertz CT molecular complexity index is 319. The SMILES string of the molecule is CCCC(=O)C1(CCC)COC(=O)C=C1O. The lowest BCUT2D eigenvalue weighted by molar-refractivity contribution is -0.149. The average Bonchev–Trinajstić information content (AvgIpc) is 2.23. The van der Waals surface area contributed by atoms with Crippen LogP contribution >= 0.6 is 0 Å². The molecule has 1 rings (SSSR count). The van der Waals surface area contributed by atoms with E-state index in [0.29, 0.717) is 12.8 Å². The lowest BCUT2D eigenvalue weighted by atomic mass is 9.75. The molecule has 1 N–H and O–H groups in total. The van der Waals surface area contributed by atoms with Gasteiger partial charge < -0.3 is 9.84 Å². The van der Waals surface area contributed by atoms with Gasteiger partial charge in [-0.05, 0) is 12.8 Å². The molecule has 90 valence electrons. The van der Waals surface area contributed by atoms with Gasteiger partial charge in [-0.2, -0.15) is 0 Å². The summed E-state index contributed by atoms with van der Waals surface area (Å²) in [4.78, 5) is 23.0. The normalized spacial score (nSPS) is 24.9. The van der Waals surface area contributed by atoms with Gasteiger partial charge in [0.15, 0.2) is 0 Å². The van der Waals surface area contributed by atoms with Gasteiger partial charge in [-0.1, -0.05) is 20.3 Å². The maximum Gasteiger partial charge on any atom is 0.334 e. The molecule has 0 amide bonds. The Balaban J connectivity index is 3.01. The molecular formula is C12H18O4. The summed E-state index contributed by atoms with van der Waals surface area (Å²) in [5.41, 5.74) is -0.987. The van der Waals surface area contributed by atoms with Crippen molar-refractivity contribution in [3.63, 3.8) is 0 Å². The molecule has 0 radical (unpaired) electrons. The van der Waals surface area contributed by atoms with E-state index < -0.39 is 11.4 Å². The number of rotatable bonds is 5. The molecule has 0 fully saturated rings. The minimum absolute atomic E-state index is 0.0269. The molecule has 4 heteroatoms. The van der Waals surface area contributed by atoms with Gasteiger partial charge in [0.2, 0.25) is 0 Å². The van der Waals surface area contributed by atoms with Crippen LogP contribution in [0, 0.1) is 5.41 Å². The minimum atomic E-state index is -0.987. The van der Waals surface area contributed by atoms with Crippen LogP contribution in [-0.4, -0.2) is 23.5 Å². The number of carbonyl (C=O) groups is 2. The van der Waals surface area contributed by atoms with Gasteiger partial charge in [0.1, 0.15) is 23.6 Å². The quantitative estimate of drug-likeness (QED) is 0.729. The lowest BCUT2D eigenvalue weighted by Gasteiger charge is -2.33. The molecular weight excluding hydrogens is 208 g/mol. The monoisotopic (exact) mass is 226 g/mol. The van der Waals surface area contributed by atoms with E-state index in [0.717, 1.165) is 18.9 Å². The Morgan fingerprint density at radius 1 is 1.50 bits per heavy atom. The number of ketones is 1. The van der Waals surface area contributed by atoms with E-state index >= 15 is 0 Å². The summed E-state index contributed by atoms with van der Waals surface area (Å²) < 4.78 is 4.89. The van der Waals surface area contributed by atoms with Crippen molar-refractivity contribution in [2.75, 3.05) is 6.61 Å². The smallest absolute Gasteiger partial charge is 0.334 e. The second-order valence-electron chi connectivity index (χ2n) is 4.14. The molecule has 0 saturated carbocycles. The Labute approximate surface area is 95.3 Å². The molecule has 0 aliphatic carbocycles. The van der Waals surface area contributed by atoms with E-state index in [9.17, 15) is 14.7 Å². The first-order valence-corrected chi connectivity index (χ1v) is 5.68. The van der Waals surface area contributed by atoms with Gasteiger partial charge in [-0.3, -0.25) is 4.79 Å². The summed E-state index contributed by atoms with van der Waals surface area (Å²) in [6, 6.07) is 0. The highest BCUT2D eigenvalue weighted by Crippen LogP contribution is 2.36. The van der Waals surface area contributed by atoms with Crippen LogP contribution in [0.4, 0.5) is 0 Å². The molecule has 1 unspecified atom stereocenters. The summed E-state index contributed by atoms with van der Waals surface area (Å²) in [6.07, 6.45) is 3.42. The van der Waals surface area contributed by atoms with E-state index in [1.807, 2.05) is 13.8 Å². The number of Topliss-reactive ketones (excluding diaryl/α,β-unsaturated/α-hetero) is 1. The van der Waals surface area contributed by atoms with Crippen molar-refractivity contribution >= 4 is 11.8 Å². The fourth-order valence-electron chi connectivity index (χ4n) is 2.02. The third kappa shape index (κ3) is 2.26. The minimum Gasteiger partial charge on any atom is -0.511 e. The molecule has 1 heterocycles. The lowest BCUT2D eigenvalue weighted by Crippen LogP contribution is -2.41. The molecule has 16 heavy (non-hydrogen) atoms. The van der Waals surface area contributed by atoms with Crippen molar-refractivity contribution < 1.29 is 19.4 Å². The number of hydrogen-bond acceptors (Lipinski definition) is 4. The molecule has 1 aliphatic heterocycles. The van der Waals surface area contributed by atoms with Gasteiger partial charge in [0.05, 0.1) is 6.08 Å². The molecule has 0 saturated heterocycles. The highest BCUT2D eigenvalue weighted by molar-refractivity contribution is 5.92. The van der Waals surface area contributed by atoms with Crippen molar-refractivity contribution in [2.45, 2.75) is 39.5 Å². The standard InChI is InChI=1S/C12H18O4/c1-3-5-9(13)12(6-4-2)8-16-11(15)7-10(12)14/h7,14H,3-6,8H2,1-2H3. The van der Waals surface area contributed by atoms with E-state index in [1.54, 1.807) is 0 Å². The van der Waals surface area contributed by atoms with Crippen LogP contribution in [0.5, 0.6) is 0 Å². The van der Waals surface area contributed by atoms with Crippen molar-refractivity contribution in [1.82, 2.24) is 0 Å². The first-order valence-electron chi connectivity index (χ1n) is 5.68. The van der Waals surface area contributed by atoms with Crippen LogP contribution < -0.4 is 0 Å². The fourth-order valence-corrected chi connectivity index (χ4v) is 2.02. The third-order valence-corrected chi connectivity index (χ3v) is 2.89. The second-order valence-corrected chi connectivity index (χ2v) is 4.14. The zero-order chi connectivity index (χ0) is 12.2. The van der Waals surface area contributed by atoms with Gasteiger partial charge in [0, 0.05) is 6.42 Å². The third-order valence-electron chi connectivity index (χ3n) is 2.89. The van der Waals surface area contributed by atoms with Gasteiger partial charge in [0.25, 0.3) is 0 Å². The maximum atomic E-state index is 12.0. The fraction of sp³-hybridized carbons (Fsp3) is 0.667. The molecule has 0 spiro atoms. The number of hydrogen-bond donors (Lipinski definition) is 1. The maximum absolute atomic E-state index is 12.0. The summed E-state index contributed by atoms with van der Waals surface area (Å²) in [6.45, 7) is 3.82. The van der Waals surface area contributed by atoms with E-state index in [-0.39, 0.29) is 18.1 Å². The van der Waals surface area contributed by atoms with Crippen LogP contribution in [0.15, 0.2) is 11.8 Å². The number of esters is 1. The number of carbonyl (C=O) groups excluding carboxylic acids is 2. The molecule has 0 aromatic carbocycles. The van der Waals surface area contributed by atoms with Gasteiger partial charge in [-0.25, -0.2) is 4.79 Å². The Morgan fingerprint density at radius 3 is 2.69 bits per heavy atom. The average molecular weight is 226 g/mol. The van der Waals surface area contributed by atoms with Gasteiger partial charge >= 0.3 is 5.97 Å². The predicted octanol–water partition coefficient (Wildman–Crippen LogP) is 2.14. The van der Waals surface area contributed by atoms with Crippen molar-refractivity contribution in [2.24, 2.45) is 5.41 Å². The first-order chi connectivity index (χ1) is 7.56. The zero-order valence-electron chi connectivity index (χ0n) is 9.78. The highest BCUT2D eigenvalue weighted by atomic mass is 16.5. The summed E-state index contributed by atoms with van der Waals surface area (Å²) in [5, 5.41) is 9.86. The van der Waals surface area contributed by atoms with E-state index in [4.69, 9.17) is 4.74 Å². The van der Waals surface area contributed by atoms with Crippen LogP contribution in [0.1, 0.15) is 39.5 Å². The summed E-state index contributed by atoms with van der Waals surface area (Å²) in [5.74, 6) is -0.754. The van der Waals surface area contributed by atoms with Gasteiger partial charge in [-0.15, -0.1) is 0 Å². The number of aliphatic hydroxyl groups is 1. The van der Waals surface area contributed by atoms with Crippen LogP contribution in [0.2, 0.25) is 0 Å². The van der Waals surface area contributed by atoms with Crippen LogP contribution in [0.25, 0.3) is 0 Å². The zero-order valence-corrected chi connectivity index (χ0v) is 9.78. The molecule has 1 aliphatic rings. The Hall–Kier alpha value is -1.32. The molecule has 1 atom stereocenters. The largest absolute Gasteiger partial charge is 0.511 e. The van der Waals surface area contributed by atoms with Crippen LogP contribution in [0.3, 0.4) is 0 Å². The van der Waals surface area contributed by atoms with Crippen molar-refractivity contribution in [1.29, 1.82) is 0 Å². The Morgan fingerprint density at radius 2 is 2.19 bits per heavy atom. The highest BCUT2D eigenvalue weighted by Gasteiger charge is 2.44. The topological polar surface area (TPSA) is 63.6 Å². The second kappa shape index (κ2) is 5.14. The molecule has 4 nitrogen and oxygen atoms in total. The van der Waals surface area contributed by atoms with Crippen LogP contribution in [-0.2, 0) is 14.3 Å². The molecule has 0 aromatic heterocycles. The summed E-state index contributed by atoms with van der Waals surface area (Å²) >= 11 is 0. The molecule has 0 bridgehead atoms. The van der Waals surface area contributed by atoms with E-state index in [1.165, 1.54) is 0 Å². The summed E-state index contributed by atoms with van der Waals surface area (Å²) in [7, 11) is 0. The Kier molecular flexibility index (Phi) is 4.10. The van der Waals surface area contributed by atoms with E-state index in [2.05, 4.69) is 0 Å². The predicted molar refractivity (Wildman–Crippen MR) is 58.9 cm³/mol. The first kappa shape index (κ1) is 12.7. The van der Waals surface area contributed by atoms with Crippen molar-refractivity contribution in [3.8, 4) is 0 Å².